The fourth-order valence-corrected chi connectivity index (χ4v) is 1.21. The first kappa shape index (κ1) is 13.2. The molecule has 17 heavy (non-hydrogen) atoms. The largest absolute Gasteiger partial charge is 0.444 e. The fourth-order valence-electron chi connectivity index (χ4n) is 1.21. The van der Waals surface area contributed by atoms with E-state index in [2.05, 4.69) is 5.32 Å². The number of carbonyl (C=O) groups is 2. The van der Waals surface area contributed by atoms with Gasteiger partial charge in [0.2, 0.25) is 0 Å². The van der Waals surface area contributed by atoms with Crippen LogP contribution in [0.4, 0.5) is 10.5 Å². The van der Waals surface area contributed by atoms with Crippen molar-refractivity contribution >= 4 is 17.6 Å². The standard InChI is InChI=1S/C13H17NO3/c1-9(15)10-5-7-11(8-6-10)14-12(16)17-13(2,3)4/h5-8H,1-4H3,(H,14,16). The molecule has 0 fully saturated rings. The van der Waals surface area contributed by atoms with Gasteiger partial charge in [0, 0.05) is 11.3 Å². The molecule has 92 valence electrons. The third-order valence-electron chi connectivity index (χ3n) is 1.94. The van der Waals surface area contributed by atoms with Crippen molar-refractivity contribution in [3.63, 3.8) is 0 Å². The zero-order valence-electron chi connectivity index (χ0n) is 10.5. The van der Waals surface area contributed by atoms with Crippen molar-refractivity contribution in [3.8, 4) is 0 Å². The van der Waals surface area contributed by atoms with E-state index in [1.807, 2.05) is 0 Å². The predicted octanol–water partition coefficient (Wildman–Crippen LogP) is 3.24. The van der Waals surface area contributed by atoms with Crippen LogP contribution in [0.3, 0.4) is 0 Å². The topological polar surface area (TPSA) is 55.4 Å². The van der Waals surface area contributed by atoms with Gasteiger partial charge < -0.3 is 4.74 Å². The van der Waals surface area contributed by atoms with Crippen LogP contribution in [-0.2, 0) is 4.74 Å². The average Bonchev–Trinajstić information content (AvgIpc) is 2.15. The number of nitrogens with one attached hydrogen (secondary N) is 1. The number of anilines is 1. The zero-order valence-corrected chi connectivity index (χ0v) is 10.5. The Hall–Kier alpha value is -1.84. The second-order valence-corrected chi connectivity index (χ2v) is 4.76. The molecule has 0 heterocycles. The monoisotopic (exact) mass is 235 g/mol. The van der Waals surface area contributed by atoms with Gasteiger partial charge in [-0.15, -0.1) is 0 Å². The van der Waals surface area contributed by atoms with Crippen LogP contribution in [0.1, 0.15) is 38.1 Å². The van der Waals surface area contributed by atoms with E-state index in [0.717, 1.165) is 0 Å². The molecule has 4 nitrogen and oxygen atoms in total. The van der Waals surface area contributed by atoms with Crippen LogP contribution >= 0.6 is 0 Å². The molecule has 1 amide bonds. The van der Waals surface area contributed by atoms with E-state index in [1.165, 1.54) is 6.92 Å². The van der Waals surface area contributed by atoms with Crippen molar-refractivity contribution in [2.75, 3.05) is 5.32 Å². The molecule has 0 aromatic heterocycles. The second-order valence-electron chi connectivity index (χ2n) is 4.76. The van der Waals surface area contributed by atoms with Gasteiger partial charge in [0.15, 0.2) is 5.78 Å². The molecule has 0 aliphatic heterocycles. The van der Waals surface area contributed by atoms with Gasteiger partial charge in [-0.25, -0.2) is 4.79 Å². The van der Waals surface area contributed by atoms with Gasteiger partial charge in [-0.2, -0.15) is 0 Å². The van der Waals surface area contributed by atoms with Gasteiger partial charge >= 0.3 is 6.09 Å². The van der Waals surface area contributed by atoms with Gasteiger partial charge in [0.25, 0.3) is 0 Å². The van der Waals surface area contributed by atoms with Crippen LogP contribution in [0, 0.1) is 0 Å². The maximum absolute atomic E-state index is 11.4. The summed E-state index contributed by atoms with van der Waals surface area (Å²) in [7, 11) is 0. The Morgan fingerprint density at radius 2 is 1.65 bits per heavy atom. The number of rotatable bonds is 2. The zero-order chi connectivity index (χ0) is 13.1. The van der Waals surface area contributed by atoms with Crippen LogP contribution in [0.15, 0.2) is 24.3 Å². The quantitative estimate of drug-likeness (QED) is 0.800. The minimum absolute atomic E-state index is 0.00572. The lowest BCUT2D eigenvalue weighted by Gasteiger charge is -2.19. The first-order valence-electron chi connectivity index (χ1n) is 5.39. The molecule has 1 N–H and O–H groups in total. The first-order chi connectivity index (χ1) is 7.78. The highest BCUT2D eigenvalue weighted by molar-refractivity contribution is 5.94. The molecule has 1 aromatic rings. The lowest BCUT2D eigenvalue weighted by molar-refractivity contribution is 0.0636. The molecule has 0 atom stereocenters. The van der Waals surface area contributed by atoms with Crippen LogP contribution in [0.2, 0.25) is 0 Å². The summed E-state index contributed by atoms with van der Waals surface area (Å²) in [5.74, 6) is -0.00572. The summed E-state index contributed by atoms with van der Waals surface area (Å²) in [6, 6.07) is 6.66. The summed E-state index contributed by atoms with van der Waals surface area (Å²) in [6.45, 7) is 6.89. The van der Waals surface area contributed by atoms with E-state index >= 15 is 0 Å². The summed E-state index contributed by atoms with van der Waals surface area (Å²) in [4.78, 5) is 22.5. The normalized spacial score (nSPS) is 10.8. The van der Waals surface area contributed by atoms with E-state index in [1.54, 1.807) is 45.0 Å². The van der Waals surface area contributed by atoms with Gasteiger partial charge in [-0.1, -0.05) is 0 Å². The van der Waals surface area contributed by atoms with Crippen molar-refractivity contribution in [2.45, 2.75) is 33.3 Å². The molecular formula is C13H17NO3. The Labute approximate surface area is 101 Å². The molecule has 4 heteroatoms. The summed E-state index contributed by atoms with van der Waals surface area (Å²) in [5, 5.41) is 2.59. The van der Waals surface area contributed by atoms with Gasteiger partial charge in [-0.05, 0) is 52.0 Å². The van der Waals surface area contributed by atoms with E-state index in [4.69, 9.17) is 4.74 Å². The molecule has 1 rings (SSSR count). The summed E-state index contributed by atoms with van der Waals surface area (Å²) < 4.78 is 5.10. The molecule has 0 unspecified atom stereocenters. The van der Waals surface area contributed by atoms with Crippen molar-refractivity contribution in [3.05, 3.63) is 29.8 Å². The number of carbonyl (C=O) groups excluding carboxylic acids is 2. The lowest BCUT2D eigenvalue weighted by atomic mass is 10.1. The van der Waals surface area contributed by atoms with Crippen molar-refractivity contribution in [1.29, 1.82) is 0 Å². The third kappa shape index (κ3) is 4.68. The Morgan fingerprint density at radius 3 is 2.06 bits per heavy atom. The van der Waals surface area contributed by atoms with Crippen LogP contribution in [-0.4, -0.2) is 17.5 Å². The Balaban J connectivity index is 2.64. The van der Waals surface area contributed by atoms with Crippen LogP contribution < -0.4 is 5.32 Å². The maximum Gasteiger partial charge on any atom is 0.412 e. The first-order valence-corrected chi connectivity index (χ1v) is 5.39. The van der Waals surface area contributed by atoms with E-state index in [0.29, 0.717) is 11.3 Å². The minimum Gasteiger partial charge on any atom is -0.444 e. The van der Waals surface area contributed by atoms with Gasteiger partial charge in [0.1, 0.15) is 5.60 Å². The van der Waals surface area contributed by atoms with Crippen LogP contribution in [0.25, 0.3) is 0 Å². The Bertz CT molecular complexity index is 415. The molecule has 0 bridgehead atoms. The summed E-state index contributed by atoms with van der Waals surface area (Å²) in [6.07, 6.45) is -0.506. The van der Waals surface area contributed by atoms with Crippen LogP contribution in [0.5, 0.6) is 0 Å². The molecule has 0 saturated heterocycles. The predicted molar refractivity (Wildman–Crippen MR) is 66.3 cm³/mol. The van der Waals surface area contributed by atoms with E-state index < -0.39 is 11.7 Å². The van der Waals surface area contributed by atoms with E-state index in [-0.39, 0.29) is 5.78 Å². The number of hydrogen-bond donors (Lipinski definition) is 1. The number of ketones is 1. The smallest absolute Gasteiger partial charge is 0.412 e. The molecule has 0 aliphatic carbocycles. The minimum atomic E-state index is -0.524. The van der Waals surface area contributed by atoms with Crippen molar-refractivity contribution in [2.24, 2.45) is 0 Å². The fraction of sp³-hybridized carbons (Fsp3) is 0.385. The number of benzene rings is 1. The highest BCUT2D eigenvalue weighted by atomic mass is 16.6. The Morgan fingerprint density at radius 1 is 1.12 bits per heavy atom. The molecule has 0 aliphatic rings. The highest BCUT2D eigenvalue weighted by Gasteiger charge is 2.16. The van der Waals surface area contributed by atoms with Crippen molar-refractivity contribution in [1.82, 2.24) is 0 Å². The van der Waals surface area contributed by atoms with Gasteiger partial charge in [-0.3, -0.25) is 10.1 Å². The molecule has 0 saturated carbocycles. The highest BCUT2D eigenvalue weighted by Crippen LogP contribution is 2.13. The molecule has 1 aromatic carbocycles. The molecular weight excluding hydrogens is 218 g/mol. The number of Topliss-reactive ketones (excluding diaryl/α,β-unsaturated/α-hetero) is 1. The SMILES string of the molecule is CC(=O)c1ccc(NC(=O)OC(C)(C)C)cc1. The van der Waals surface area contributed by atoms with E-state index in [9.17, 15) is 9.59 Å². The number of hydrogen-bond acceptors (Lipinski definition) is 3. The lowest BCUT2D eigenvalue weighted by Crippen LogP contribution is -2.27. The Kier molecular flexibility index (Phi) is 3.89. The molecule has 0 spiro atoms. The maximum atomic E-state index is 11.4. The average molecular weight is 235 g/mol. The number of ether oxygens (including phenoxy) is 1. The number of amides is 1. The van der Waals surface area contributed by atoms with Crippen molar-refractivity contribution < 1.29 is 14.3 Å². The van der Waals surface area contributed by atoms with Gasteiger partial charge in [0.05, 0.1) is 0 Å². The summed E-state index contributed by atoms with van der Waals surface area (Å²) in [5.41, 5.74) is 0.688. The third-order valence-corrected chi connectivity index (χ3v) is 1.94. The second kappa shape index (κ2) is 4.99. The molecule has 0 radical (unpaired) electrons. The summed E-state index contributed by atoms with van der Waals surface area (Å²) >= 11 is 0.